The van der Waals surface area contributed by atoms with Crippen LogP contribution in [0.25, 0.3) is 0 Å². The van der Waals surface area contributed by atoms with Crippen molar-refractivity contribution < 1.29 is 28.4 Å². The van der Waals surface area contributed by atoms with Crippen molar-refractivity contribution in [3.8, 4) is 28.7 Å². The maximum atomic E-state index is 6.57. The van der Waals surface area contributed by atoms with Gasteiger partial charge in [0, 0.05) is 6.54 Å². The second kappa shape index (κ2) is 12.6. The van der Waals surface area contributed by atoms with Gasteiger partial charge in [-0.15, -0.1) is 0 Å². The average molecular weight is 508 g/mol. The maximum Gasteiger partial charge on any atom is 0.203 e. The first kappa shape index (κ1) is 26.5. The summed E-state index contributed by atoms with van der Waals surface area (Å²) >= 11 is 0. The van der Waals surface area contributed by atoms with E-state index in [1.54, 1.807) is 28.4 Å². The molecule has 4 rings (SSSR count). The first-order chi connectivity index (χ1) is 18.1. The summed E-state index contributed by atoms with van der Waals surface area (Å²) in [6.07, 6.45) is 2.46. The summed E-state index contributed by atoms with van der Waals surface area (Å²) in [6, 6.07) is 18.4. The van der Waals surface area contributed by atoms with E-state index in [9.17, 15) is 0 Å². The third kappa shape index (κ3) is 6.05. The molecule has 37 heavy (non-hydrogen) atoms. The lowest BCUT2D eigenvalue weighted by atomic mass is 10.0. The summed E-state index contributed by atoms with van der Waals surface area (Å²) in [5.41, 5.74) is 4.12. The molecule has 1 saturated heterocycles. The molecule has 1 aliphatic heterocycles. The van der Waals surface area contributed by atoms with Crippen LogP contribution in [0.1, 0.15) is 55.1 Å². The van der Waals surface area contributed by atoms with E-state index in [4.69, 9.17) is 28.4 Å². The number of ether oxygens (including phenoxy) is 6. The predicted octanol–water partition coefficient (Wildman–Crippen LogP) is 6.71. The van der Waals surface area contributed by atoms with E-state index in [2.05, 4.69) is 30.4 Å². The zero-order valence-corrected chi connectivity index (χ0v) is 22.3. The third-order valence-corrected chi connectivity index (χ3v) is 6.52. The molecule has 1 aliphatic rings. The molecule has 0 bridgehead atoms. The Balaban J connectivity index is 1.60. The van der Waals surface area contributed by atoms with E-state index in [0.29, 0.717) is 36.1 Å². The monoisotopic (exact) mass is 507 g/mol. The molecule has 0 aromatic heterocycles. The van der Waals surface area contributed by atoms with E-state index in [1.807, 2.05) is 36.4 Å². The topological polar surface area (TPSA) is 67.4 Å². The zero-order valence-electron chi connectivity index (χ0n) is 22.3. The van der Waals surface area contributed by atoms with Crippen LogP contribution in [0.2, 0.25) is 0 Å². The van der Waals surface area contributed by atoms with Gasteiger partial charge in [-0.3, -0.25) is 0 Å². The minimum Gasteiger partial charge on any atom is -0.493 e. The number of hydrogen-bond acceptors (Lipinski definition) is 7. The van der Waals surface area contributed by atoms with E-state index < -0.39 is 0 Å². The van der Waals surface area contributed by atoms with Crippen LogP contribution >= 0.6 is 0 Å². The lowest BCUT2D eigenvalue weighted by molar-refractivity contribution is 0.0437. The third-order valence-electron chi connectivity index (χ3n) is 6.52. The highest BCUT2D eigenvalue weighted by molar-refractivity contribution is 5.65. The molecule has 0 saturated carbocycles. The highest BCUT2D eigenvalue weighted by Crippen LogP contribution is 2.48. The van der Waals surface area contributed by atoms with Crippen molar-refractivity contribution in [3.63, 3.8) is 0 Å². The Labute approximate surface area is 219 Å². The van der Waals surface area contributed by atoms with Crippen molar-refractivity contribution in [3.05, 3.63) is 71.3 Å². The van der Waals surface area contributed by atoms with Crippen LogP contribution in [-0.2, 0) is 11.3 Å². The fourth-order valence-corrected chi connectivity index (χ4v) is 4.65. The molecule has 1 heterocycles. The molecule has 0 aliphatic carbocycles. The van der Waals surface area contributed by atoms with Crippen LogP contribution in [0.15, 0.2) is 54.6 Å². The fraction of sp³-hybridized carbons (Fsp3) is 0.400. The minimum atomic E-state index is -0.0959. The van der Waals surface area contributed by atoms with Crippen molar-refractivity contribution >= 4 is 5.69 Å². The van der Waals surface area contributed by atoms with Crippen LogP contribution in [0.4, 0.5) is 5.69 Å². The van der Waals surface area contributed by atoms with Gasteiger partial charge in [0.25, 0.3) is 0 Å². The highest BCUT2D eigenvalue weighted by atomic mass is 16.5. The van der Waals surface area contributed by atoms with Gasteiger partial charge >= 0.3 is 0 Å². The SMILES string of the molecule is CCCOc1c(NCc2ccccc2)cc([C@H]2CC[C@H](c3cc(OC)c(OC)c(OC)c3)O2)cc1OC. The lowest BCUT2D eigenvalue weighted by Crippen LogP contribution is -2.08. The number of benzene rings is 3. The van der Waals surface area contributed by atoms with Gasteiger partial charge in [0.05, 0.1) is 52.9 Å². The molecule has 3 aromatic carbocycles. The van der Waals surface area contributed by atoms with E-state index in [-0.39, 0.29) is 12.2 Å². The van der Waals surface area contributed by atoms with Crippen LogP contribution < -0.4 is 29.0 Å². The molecule has 0 amide bonds. The van der Waals surface area contributed by atoms with Crippen LogP contribution in [0.5, 0.6) is 28.7 Å². The summed E-state index contributed by atoms with van der Waals surface area (Å²) in [6.45, 7) is 3.38. The zero-order chi connectivity index (χ0) is 26.2. The standard InChI is InChI=1S/C30H37NO6/c1-6-14-36-29-23(31-19-20-10-8-7-9-11-20)15-21(16-26(29)32-2)24-12-13-25(37-24)22-17-27(33-3)30(35-5)28(18-22)34-4/h7-11,15-18,24-25,31H,6,12-14,19H2,1-5H3/t24-,25-/m1/s1. The van der Waals surface area contributed by atoms with E-state index >= 15 is 0 Å². The molecule has 0 spiro atoms. The van der Waals surface area contributed by atoms with Crippen molar-refractivity contribution in [1.29, 1.82) is 0 Å². The van der Waals surface area contributed by atoms with E-state index in [1.165, 1.54) is 5.56 Å². The number of methoxy groups -OCH3 is 4. The molecular weight excluding hydrogens is 470 g/mol. The van der Waals surface area contributed by atoms with Crippen LogP contribution in [0, 0.1) is 0 Å². The first-order valence-corrected chi connectivity index (χ1v) is 12.7. The molecule has 3 aromatic rings. The smallest absolute Gasteiger partial charge is 0.203 e. The van der Waals surface area contributed by atoms with Gasteiger partial charge in [0.1, 0.15) is 0 Å². The second-order valence-electron chi connectivity index (χ2n) is 8.94. The normalized spacial score (nSPS) is 16.8. The van der Waals surface area contributed by atoms with Gasteiger partial charge in [-0.2, -0.15) is 0 Å². The van der Waals surface area contributed by atoms with Crippen molar-refractivity contribution in [2.45, 2.75) is 44.9 Å². The summed E-state index contributed by atoms with van der Waals surface area (Å²) in [4.78, 5) is 0. The Hall–Kier alpha value is -3.58. The number of anilines is 1. The summed E-state index contributed by atoms with van der Waals surface area (Å²) in [7, 11) is 6.52. The second-order valence-corrected chi connectivity index (χ2v) is 8.94. The molecule has 198 valence electrons. The van der Waals surface area contributed by atoms with Crippen molar-refractivity contribution in [2.75, 3.05) is 40.4 Å². The van der Waals surface area contributed by atoms with E-state index in [0.717, 1.165) is 41.8 Å². The van der Waals surface area contributed by atoms with Gasteiger partial charge in [-0.25, -0.2) is 0 Å². The Kier molecular flexibility index (Phi) is 9.01. The molecule has 1 N–H and O–H groups in total. The van der Waals surface area contributed by atoms with Gasteiger partial charge < -0.3 is 33.7 Å². The lowest BCUT2D eigenvalue weighted by Gasteiger charge is -2.21. The highest BCUT2D eigenvalue weighted by Gasteiger charge is 2.31. The predicted molar refractivity (Wildman–Crippen MR) is 144 cm³/mol. The number of nitrogens with one attached hydrogen (secondary N) is 1. The van der Waals surface area contributed by atoms with Crippen molar-refractivity contribution in [1.82, 2.24) is 0 Å². The molecule has 1 fully saturated rings. The Bertz CT molecular complexity index is 1140. The molecule has 0 unspecified atom stereocenters. The fourth-order valence-electron chi connectivity index (χ4n) is 4.65. The van der Waals surface area contributed by atoms with Crippen LogP contribution in [-0.4, -0.2) is 35.0 Å². The van der Waals surface area contributed by atoms with Gasteiger partial charge in [0.2, 0.25) is 5.75 Å². The Morgan fingerprint density at radius 1 is 0.757 bits per heavy atom. The summed E-state index contributed by atoms with van der Waals surface area (Å²) in [5.74, 6) is 3.24. The first-order valence-electron chi connectivity index (χ1n) is 12.7. The largest absolute Gasteiger partial charge is 0.493 e. The number of hydrogen-bond donors (Lipinski definition) is 1. The molecule has 2 atom stereocenters. The van der Waals surface area contributed by atoms with Crippen LogP contribution in [0.3, 0.4) is 0 Å². The molecule has 7 nitrogen and oxygen atoms in total. The Morgan fingerprint density at radius 3 is 1.86 bits per heavy atom. The van der Waals surface area contributed by atoms with Crippen molar-refractivity contribution in [2.24, 2.45) is 0 Å². The van der Waals surface area contributed by atoms with Gasteiger partial charge in [0.15, 0.2) is 23.0 Å². The average Bonchev–Trinajstić information content (AvgIpc) is 3.45. The summed E-state index contributed by atoms with van der Waals surface area (Å²) < 4.78 is 35.0. The molecule has 7 heteroatoms. The maximum absolute atomic E-state index is 6.57. The van der Waals surface area contributed by atoms with Gasteiger partial charge in [-0.05, 0) is 60.2 Å². The van der Waals surface area contributed by atoms with Gasteiger partial charge in [-0.1, -0.05) is 37.3 Å². The number of rotatable bonds is 12. The molecular formula is C30H37NO6. The Morgan fingerprint density at radius 2 is 1.32 bits per heavy atom. The summed E-state index contributed by atoms with van der Waals surface area (Å²) in [5, 5.41) is 3.56. The quantitative estimate of drug-likeness (QED) is 0.292. The molecule has 0 radical (unpaired) electrons. The minimum absolute atomic E-state index is 0.0875.